The highest BCUT2D eigenvalue weighted by molar-refractivity contribution is 5.69. The van der Waals surface area contributed by atoms with Gasteiger partial charge in [-0.25, -0.2) is 0 Å². The van der Waals surface area contributed by atoms with Crippen molar-refractivity contribution in [1.29, 1.82) is 0 Å². The Morgan fingerprint density at radius 2 is 2.00 bits per heavy atom. The molecule has 1 atom stereocenters. The largest absolute Gasteiger partial charge is 0.482 e. The molecule has 24 heavy (non-hydrogen) atoms. The van der Waals surface area contributed by atoms with Gasteiger partial charge in [-0.15, -0.1) is 0 Å². The third-order valence-corrected chi connectivity index (χ3v) is 4.41. The van der Waals surface area contributed by atoms with Crippen molar-refractivity contribution in [2.75, 3.05) is 18.0 Å². The van der Waals surface area contributed by atoms with Crippen LogP contribution < -0.4 is 9.64 Å². The van der Waals surface area contributed by atoms with Gasteiger partial charge in [-0.3, -0.25) is 4.79 Å². The number of benzene rings is 2. The average molecular weight is 325 g/mol. The molecule has 2 aromatic rings. The summed E-state index contributed by atoms with van der Waals surface area (Å²) in [6, 6.07) is 16.3. The smallest absolute Gasteiger partial charge is 0.305 e. The molecule has 0 amide bonds. The van der Waals surface area contributed by atoms with Gasteiger partial charge in [0.05, 0.1) is 18.7 Å². The Balaban J connectivity index is 1.93. The molecule has 0 radical (unpaired) electrons. The van der Waals surface area contributed by atoms with Crippen molar-refractivity contribution in [1.82, 2.24) is 0 Å². The summed E-state index contributed by atoms with van der Waals surface area (Å²) < 4.78 is 6.20. The van der Waals surface area contributed by atoms with Gasteiger partial charge in [0.1, 0.15) is 11.9 Å². The number of fused-ring (bicyclic) bond motifs is 1. The number of anilines is 1. The zero-order chi connectivity index (χ0) is 17.1. The number of carboxylic acids is 1. The van der Waals surface area contributed by atoms with Gasteiger partial charge in [-0.1, -0.05) is 50.2 Å². The van der Waals surface area contributed by atoms with E-state index in [2.05, 4.69) is 30.9 Å². The Labute approximate surface area is 142 Å². The summed E-state index contributed by atoms with van der Waals surface area (Å²) in [5, 5.41) is 9.06. The van der Waals surface area contributed by atoms with Gasteiger partial charge >= 0.3 is 5.97 Å². The highest BCUT2D eigenvalue weighted by Crippen LogP contribution is 2.39. The van der Waals surface area contributed by atoms with E-state index in [1.165, 1.54) is 5.56 Å². The molecule has 4 nitrogen and oxygen atoms in total. The Morgan fingerprint density at radius 3 is 2.67 bits per heavy atom. The second-order valence-electron chi connectivity index (χ2n) is 6.49. The van der Waals surface area contributed by atoms with E-state index in [1.807, 2.05) is 36.4 Å². The molecule has 1 unspecified atom stereocenters. The van der Waals surface area contributed by atoms with Gasteiger partial charge in [-0.05, 0) is 29.2 Å². The molecule has 126 valence electrons. The van der Waals surface area contributed by atoms with Crippen molar-refractivity contribution < 1.29 is 14.6 Å². The monoisotopic (exact) mass is 325 g/mol. The first kappa shape index (κ1) is 16.4. The van der Waals surface area contributed by atoms with Crippen molar-refractivity contribution in [3.8, 4) is 5.75 Å². The zero-order valence-electron chi connectivity index (χ0n) is 14.1. The molecule has 1 N–H and O–H groups in total. The fourth-order valence-corrected chi connectivity index (χ4v) is 3.01. The predicted molar refractivity (Wildman–Crippen MR) is 94.8 cm³/mol. The van der Waals surface area contributed by atoms with E-state index in [9.17, 15) is 4.79 Å². The van der Waals surface area contributed by atoms with Crippen molar-refractivity contribution in [3.05, 3.63) is 59.7 Å². The van der Waals surface area contributed by atoms with Gasteiger partial charge in [0.15, 0.2) is 0 Å². The molecule has 0 saturated heterocycles. The topological polar surface area (TPSA) is 49.8 Å². The van der Waals surface area contributed by atoms with Crippen molar-refractivity contribution in [2.45, 2.75) is 32.3 Å². The number of hydrogen-bond acceptors (Lipinski definition) is 3. The lowest BCUT2D eigenvalue weighted by Gasteiger charge is -2.37. The highest BCUT2D eigenvalue weighted by Gasteiger charge is 2.27. The lowest BCUT2D eigenvalue weighted by atomic mass is 10.00. The Bertz CT molecular complexity index is 712. The lowest BCUT2D eigenvalue weighted by Crippen LogP contribution is -2.36. The summed E-state index contributed by atoms with van der Waals surface area (Å²) in [5.41, 5.74) is 3.34. The van der Waals surface area contributed by atoms with E-state index < -0.39 is 5.97 Å². The van der Waals surface area contributed by atoms with Gasteiger partial charge in [0, 0.05) is 6.54 Å². The summed E-state index contributed by atoms with van der Waals surface area (Å²) in [6.45, 7) is 5.45. The molecular formula is C20H23NO3. The maximum absolute atomic E-state index is 11.0. The van der Waals surface area contributed by atoms with E-state index in [0.717, 1.165) is 17.0 Å². The quantitative estimate of drug-likeness (QED) is 0.894. The number of hydrogen-bond donors (Lipinski definition) is 1. The van der Waals surface area contributed by atoms with Crippen LogP contribution in [-0.4, -0.2) is 24.2 Å². The minimum Gasteiger partial charge on any atom is -0.482 e. The van der Waals surface area contributed by atoms with Gasteiger partial charge < -0.3 is 14.7 Å². The van der Waals surface area contributed by atoms with E-state index in [-0.39, 0.29) is 12.5 Å². The molecule has 1 aliphatic rings. The number of ether oxygens (including phenoxy) is 1. The van der Waals surface area contributed by atoms with E-state index in [1.54, 1.807) is 0 Å². The molecule has 3 rings (SSSR count). The van der Waals surface area contributed by atoms with Crippen LogP contribution in [0.15, 0.2) is 48.5 Å². The summed E-state index contributed by atoms with van der Waals surface area (Å²) in [5.74, 6) is 0.465. The third-order valence-electron chi connectivity index (χ3n) is 4.41. The number of nitrogens with zero attached hydrogens (tertiary/aromatic N) is 1. The molecule has 0 bridgehead atoms. The van der Waals surface area contributed by atoms with Crippen LogP contribution in [0.5, 0.6) is 5.75 Å². The first-order chi connectivity index (χ1) is 11.5. The fourth-order valence-electron chi connectivity index (χ4n) is 3.01. The Hall–Kier alpha value is -2.49. The van der Waals surface area contributed by atoms with E-state index in [4.69, 9.17) is 9.84 Å². The molecule has 1 heterocycles. The molecule has 0 aromatic heterocycles. The normalized spacial score (nSPS) is 16.6. The molecule has 0 saturated carbocycles. The van der Waals surface area contributed by atoms with Gasteiger partial charge in [0.2, 0.25) is 0 Å². The van der Waals surface area contributed by atoms with Crippen molar-refractivity contribution in [2.24, 2.45) is 0 Å². The van der Waals surface area contributed by atoms with Gasteiger partial charge in [0.25, 0.3) is 0 Å². The molecule has 2 aromatic carbocycles. The number of rotatable bonds is 5. The van der Waals surface area contributed by atoms with Crippen LogP contribution in [0.4, 0.5) is 5.69 Å². The fraction of sp³-hybridized carbons (Fsp3) is 0.350. The van der Waals surface area contributed by atoms with Crippen LogP contribution >= 0.6 is 0 Å². The maximum Gasteiger partial charge on any atom is 0.305 e. The molecule has 0 fully saturated rings. The first-order valence-electron chi connectivity index (χ1n) is 8.37. The minimum atomic E-state index is -0.778. The number of carboxylic acid groups (broad SMARTS) is 1. The summed E-state index contributed by atoms with van der Waals surface area (Å²) >= 11 is 0. The first-order valence-corrected chi connectivity index (χ1v) is 8.37. The molecule has 1 aliphatic heterocycles. The van der Waals surface area contributed by atoms with Crippen molar-refractivity contribution in [3.63, 3.8) is 0 Å². The van der Waals surface area contributed by atoms with E-state index >= 15 is 0 Å². The number of carbonyl (C=O) groups is 1. The van der Waals surface area contributed by atoms with Crippen LogP contribution in [0.2, 0.25) is 0 Å². The molecular weight excluding hydrogens is 302 g/mol. The van der Waals surface area contributed by atoms with E-state index in [0.29, 0.717) is 19.0 Å². The molecule has 0 aliphatic carbocycles. The second-order valence-corrected chi connectivity index (χ2v) is 6.49. The average Bonchev–Trinajstić information content (AvgIpc) is 2.59. The summed E-state index contributed by atoms with van der Waals surface area (Å²) in [4.78, 5) is 13.2. The van der Waals surface area contributed by atoms with Crippen LogP contribution in [-0.2, 0) is 4.79 Å². The molecule has 4 heteroatoms. The maximum atomic E-state index is 11.0. The SMILES string of the molecule is CC(C)c1ccc2c(c1)N(CCC(=O)O)CC(c1ccccc1)O2. The molecule has 0 spiro atoms. The standard InChI is InChI=1S/C20H23NO3/c1-14(2)16-8-9-18-17(12-16)21(11-10-20(22)23)13-19(24-18)15-6-4-3-5-7-15/h3-9,12,14,19H,10-11,13H2,1-2H3,(H,22,23). The highest BCUT2D eigenvalue weighted by atomic mass is 16.5. The summed E-state index contributed by atoms with van der Waals surface area (Å²) in [7, 11) is 0. The predicted octanol–water partition coefficient (Wildman–Crippen LogP) is 4.22. The van der Waals surface area contributed by atoms with Crippen LogP contribution in [0, 0.1) is 0 Å². The Morgan fingerprint density at radius 1 is 1.25 bits per heavy atom. The van der Waals surface area contributed by atoms with Gasteiger partial charge in [-0.2, -0.15) is 0 Å². The van der Waals surface area contributed by atoms with Crippen LogP contribution in [0.25, 0.3) is 0 Å². The number of aliphatic carboxylic acids is 1. The van der Waals surface area contributed by atoms with Crippen molar-refractivity contribution >= 4 is 11.7 Å². The van der Waals surface area contributed by atoms with Crippen LogP contribution in [0.1, 0.15) is 43.4 Å². The second kappa shape index (κ2) is 6.95. The lowest BCUT2D eigenvalue weighted by molar-refractivity contribution is -0.136. The third kappa shape index (κ3) is 3.53. The minimum absolute atomic E-state index is 0.0857. The van der Waals surface area contributed by atoms with Crippen LogP contribution in [0.3, 0.4) is 0 Å². The summed E-state index contributed by atoms with van der Waals surface area (Å²) in [6.07, 6.45) is 0.0322. The Kier molecular flexibility index (Phi) is 4.74. The zero-order valence-corrected chi connectivity index (χ0v) is 14.1.